The Bertz CT molecular complexity index is 383. The van der Waals surface area contributed by atoms with Crippen molar-refractivity contribution in [3.8, 4) is 0 Å². The van der Waals surface area contributed by atoms with Crippen LogP contribution in [0.1, 0.15) is 36.4 Å². The number of nitrogens with one attached hydrogen (secondary N) is 1. The van der Waals surface area contributed by atoms with Crippen LogP contribution in [0.25, 0.3) is 0 Å². The van der Waals surface area contributed by atoms with Crippen molar-refractivity contribution in [3.63, 3.8) is 0 Å². The molecule has 0 saturated heterocycles. The molecule has 4 nitrogen and oxygen atoms in total. The van der Waals surface area contributed by atoms with Crippen molar-refractivity contribution in [1.29, 1.82) is 0 Å². The molecule has 1 aliphatic carbocycles. The van der Waals surface area contributed by atoms with Crippen molar-refractivity contribution in [2.75, 3.05) is 0 Å². The Morgan fingerprint density at radius 1 is 1.53 bits per heavy atom. The number of carbonyl (C=O) groups is 1. The lowest BCUT2D eigenvalue weighted by Gasteiger charge is -2.24. The standard InChI is InChI=1S/C12H19N3OS/c1-8-7-17-11(15-8)6-14-12(16)9-2-4-10(13)5-3-9/h7,9-10H,2-6,13H2,1H3,(H,14,16). The monoisotopic (exact) mass is 253 g/mol. The van der Waals surface area contributed by atoms with E-state index in [4.69, 9.17) is 5.73 Å². The fourth-order valence-electron chi connectivity index (χ4n) is 2.17. The summed E-state index contributed by atoms with van der Waals surface area (Å²) in [6.45, 7) is 2.52. The highest BCUT2D eigenvalue weighted by Crippen LogP contribution is 2.23. The molecule has 0 aliphatic heterocycles. The summed E-state index contributed by atoms with van der Waals surface area (Å²) in [4.78, 5) is 16.2. The minimum absolute atomic E-state index is 0.149. The van der Waals surface area contributed by atoms with E-state index < -0.39 is 0 Å². The second-order valence-corrected chi connectivity index (χ2v) is 5.65. The van der Waals surface area contributed by atoms with Crippen LogP contribution in [-0.4, -0.2) is 16.9 Å². The first-order valence-electron chi connectivity index (χ1n) is 6.09. The van der Waals surface area contributed by atoms with Crippen LogP contribution < -0.4 is 11.1 Å². The summed E-state index contributed by atoms with van der Waals surface area (Å²) in [6.07, 6.45) is 3.77. The van der Waals surface area contributed by atoms with Crippen molar-refractivity contribution in [1.82, 2.24) is 10.3 Å². The Labute approximate surface area is 106 Å². The van der Waals surface area contributed by atoms with E-state index in [0.29, 0.717) is 12.6 Å². The summed E-state index contributed by atoms with van der Waals surface area (Å²) in [5.74, 6) is 0.306. The molecule has 1 aliphatic rings. The molecule has 2 rings (SSSR count). The summed E-state index contributed by atoms with van der Waals surface area (Å²) in [5, 5.41) is 5.94. The van der Waals surface area contributed by atoms with E-state index in [-0.39, 0.29) is 11.8 Å². The maximum absolute atomic E-state index is 11.9. The second kappa shape index (κ2) is 5.60. The molecule has 0 aromatic carbocycles. The Balaban J connectivity index is 1.77. The largest absolute Gasteiger partial charge is 0.349 e. The van der Waals surface area contributed by atoms with Gasteiger partial charge in [-0.15, -0.1) is 11.3 Å². The van der Waals surface area contributed by atoms with Crippen molar-refractivity contribution in [2.24, 2.45) is 11.7 Å². The normalized spacial score (nSPS) is 24.6. The fourth-order valence-corrected chi connectivity index (χ4v) is 2.88. The van der Waals surface area contributed by atoms with Gasteiger partial charge in [0.25, 0.3) is 0 Å². The Morgan fingerprint density at radius 3 is 2.82 bits per heavy atom. The molecular formula is C12H19N3OS. The highest BCUT2D eigenvalue weighted by atomic mass is 32.1. The number of nitrogens with two attached hydrogens (primary N) is 1. The number of hydrogen-bond acceptors (Lipinski definition) is 4. The minimum Gasteiger partial charge on any atom is -0.349 e. The molecule has 1 saturated carbocycles. The highest BCUT2D eigenvalue weighted by Gasteiger charge is 2.24. The zero-order valence-electron chi connectivity index (χ0n) is 10.1. The van der Waals surface area contributed by atoms with E-state index in [1.54, 1.807) is 11.3 Å². The van der Waals surface area contributed by atoms with Crippen LogP contribution >= 0.6 is 11.3 Å². The number of thiazole rings is 1. The molecule has 1 fully saturated rings. The van der Waals surface area contributed by atoms with Crippen LogP contribution in [0.2, 0.25) is 0 Å². The molecule has 3 N–H and O–H groups in total. The molecule has 17 heavy (non-hydrogen) atoms. The van der Waals surface area contributed by atoms with Gasteiger partial charge in [-0.1, -0.05) is 0 Å². The average Bonchev–Trinajstić information content (AvgIpc) is 2.73. The van der Waals surface area contributed by atoms with Gasteiger partial charge in [0.1, 0.15) is 5.01 Å². The maximum Gasteiger partial charge on any atom is 0.223 e. The molecule has 0 bridgehead atoms. The van der Waals surface area contributed by atoms with Gasteiger partial charge < -0.3 is 11.1 Å². The van der Waals surface area contributed by atoms with Crippen LogP contribution in [0.15, 0.2) is 5.38 Å². The first-order valence-corrected chi connectivity index (χ1v) is 6.97. The SMILES string of the molecule is Cc1csc(CNC(=O)C2CCC(N)CC2)n1. The van der Waals surface area contributed by atoms with Gasteiger partial charge in [-0.05, 0) is 32.6 Å². The van der Waals surface area contributed by atoms with Crippen LogP contribution in [0.5, 0.6) is 0 Å². The Kier molecular flexibility index (Phi) is 4.12. The molecular weight excluding hydrogens is 234 g/mol. The van der Waals surface area contributed by atoms with Crippen molar-refractivity contribution in [3.05, 3.63) is 16.1 Å². The third-order valence-electron chi connectivity index (χ3n) is 3.22. The molecule has 1 aromatic heterocycles. The van der Waals surface area contributed by atoms with Crippen molar-refractivity contribution < 1.29 is 4.79 Å². The van der Waals surface area contributed by atoms with Crippen LogP contribution in [0, 0.1) is 12.8 Å². The van der Waals surface area contributed by atoms with Gasteiger partial charge in [-0.25, -0.2) is 4.98 Å². The van der Waals surface area contributed by atoms with Gasteiger partial charge in [0.15, 0.2) is 0 Å². The summed E-state index contributed by atoms with van der Waals surface area (Å²) in [6, 6.07) is 0.292. The number of carbonyl (C=O) groups excluding carboxylic acids is 1. The van der Waals surface area contributed by atoms with Crippen molar-refractivity contribution >= 4 is 17.2 Å². The van der Waals surface area contributed by atoms with E-state index >= 15 is 0 Å². The zero-order valence-corrected chi connectivity index (χ0v) is 10.9. The number of aryl methyl sites for hydroxylation is 1. The third kappa shape index (κ3) is 3.51. The number of hydrogen-bond donors (Lipinski definition) is 2. The predicted molar refractivity (Wildman–Crippen MR) is 68.6 cm³/mol. The molecule has 1 amide bonds. The smallest absolute Gasteiger partial charge is 0.223 e. The summed E-state index contributed by atoms with van der Waals surface area (Å²) in [7, 11) is 0. The minimum atomic E-state index is 0.149. The number of rotatable bonds is 3. The van der Waals surface area contributed by atoms with Gasteiger partial charge >= 0.3 is 0 Å². The second-order valence-electron chi connectivity index (χ2n) is 4.71. The summed E-state index contributed by atoms with van der Waals surface area (Å²) < 4.78 is 0. The Morgan fingerprint density at radius 2 is 2.24 bits per heavy atom. The van der Waals surface area contributed by atoms with E-state index in [1.165, 1.54) is 0 Å². The molecule has 0 atom stereocenters. The third-order valence-corrected chi connectivity index (χ3v) is 4.19. The van der Waals surface area contributed by atoms with Crippen LogP contribution in [0.4, 0.5) is 0 Å². The first kappa shape index (κ1) is 12.5. The van der Waals surface area contributed by atoms with E-state index in [9.17, 15) is 4.79 Å². The van der Waals surface area contributed by atoms with Gasteiger partial charge in [0, 0.05) is 23.0 Å². The summed E-state index contributed by atoms with van der Waals surface area (Å²) >= 11 is 1.59. The van der Waals surface area contributed by atoms with Gasteiger partial charge in [-0.2, -0.15) is 0 Å². The predicted octanol–water partition coefficient (Wildman–Crippen LogP) is 1.59. The van der Waals surface area contributed by atoms with Gasteiger partial charge in [0.05, 0.1) is 6.54 Å². The zero-order chi connectivity index (χ0) is 12.3. The molecule has 0 spiro atoms. The number of nitrogens with zero attached hydrogens (tertiary/aromatic N) is 1. The van der Waals surface area contributed by atoms with Crippen LogP contribution in [-0.2, 0) is 11.3 Å². The molecule has 0 radical (unpaired) electrons. The molecule has 5 heteroatoms. The van der Waals surface area contributed by atoms with E-state index in [0.717, 1.165) is 36.4 Å². The molecule has 1 aromatic rings. The van der Waals surface area contributed by atoms with Crippen molar-refractivity contribution in [2.45, 2.75) is 45.2 Å². The van der Waals surface area contributed by atoms with E-state index in [2.05, 4.69) is 10.3 Å². The molecule has 1 heterocycles. The quantitative estimate of drug-likeness (QED) is 0.859. The molecule has 0 unspecified atom stereocenters. The lowest BCUT2D eigenvalue weighted by molar-refractivity contribution is -0.126. The maximum atomic E-state index is 11.9. The van der Waals surface area contributed by atoms with E-state index in [1.807, 2.05) is 12.3 Å². The number of aromatic nitrogens is 1. The Hall–Kier alpha value is -0.940. The van der Waals surface area contributed by atoms with Crippen LogP contribution in [0.3, 0.4) is 0 Å². The highest BCUT2D eigenvalue weighted by molar-refractivity contribution is 7.09. The van der Waals surface area contributed by atoms with Gasteiger partial charge in [-0.3, -0.25) is 4.79 Å². The number of amides is 1. The van der Waals surface area contributed by atoms with Gasteiger partial charge in [0.2, 0.25) is 5.91 Å². The average molecular weight is 253 g/mol. The topological polar surface area (TPSA) is 68.0 Å². The molecule has 94 valence electrons. The lowest BCUT2D eigenvalue weighted by atomic mass is 9.86. The fraction of sp³-hybridized carbons (Fsp3) is 0.667. The lowest BCUT2D eigenvalue weighted by Crippen LogP contribution is -2.35. The first-order chi connectivity index (χ1) is 8.15. The summed E-state index contributed by atoms with van der Waals surface area (Å²) in [5.41, 5.74) is 6.84.